The molecule has 0 aromatic rings. The van der Waals surface area contributed by atoms with Gasteiger partial charge in [-0.1, -0.05) is 20.3 Å². The van der Waals surface area contributed by atoms with Crippen LogP contribution in [0.2, 0.25) is 0 Å². The highest BCUT2D eigenvalue weighted by atomic mass is 16.5. The molecule has 2 atom stereocenters. The number of carbonyl (C=O) groups is 1. The molecule has 0 rings (SSSR count). The molecule has 0 bridgehead atoms. The van der Waals surface area contributed by atoms with E-state index in [0.29, 0.717) is 25.0 Å². The van der Waals surface area contributed by atoms with E-state index in [4.69, 9.17) is 4.74 Å². The number of nitrogens with one attached hydrogen (secondary N) is 1. The van der Waals surface area contributed by atoms with Crippen molar-refractivity contribution in [3.05, 3.63) is 0 Å². The summed E-state index contributed by atoms with van der Waals surface area (Å²) in [6, 6.07) is 0.525. The van der Waals surface area contributed by atoms with Crippen LogP contribution in [0.4, 0.5) is 0 Å². The molecule has 0 saturated carbocycles. The second-order valence-corrected chi connectivity index (χ2v) is 4.04. The second kappa shape index (κ2) is 8.72. The molecule has 0 aromatic carbocycles. The zero-order valence-electron chi connectivity index (χ0n) is 10.5. The standard InChI is InChI=1S/C12H25NO2/c1-5-10(3)11(4)13-9-7-8-12(14)15-6-2/h10-11,13H,5-9H2,1-4H3. The molecule has 0 aliphatic rings. The zero-order valence-corrected chi connectivity index (χ0v) is 10.5. The Morgan fingerprint density at radius 2 is 2.00 bits per heavy atom. The first-order chi connectivity index (χ1) is 7.11. The maximum atomic E-state index is 11.0. The highest BCUT2D eigenvalue weighted by Crippen LogP contribution is 2.06. The first kappa shape index (κ1) is 14.4. The van der Waals surface area contributed by atoms with Gasteiger partial charge in [-0.05, 0) is 32.7 Å². The Balaban J connectivity index is 3.41. The molecule has 0 spiro atoms. The Morgan fingerprint density at radius 3 is 2.53 bits per heavy atom. The lowest BCUT2D eigenvalue weighted by Crippen LogP contribution is -2.32. The average molecular weight is 215 g/mol. The van der Waals surface area contributed by atoms with Crippen LogP contribution in [0, 0.1) is 5.92 Å². The molecule has 0 radical (unpaired) electrons. The summed E-state index contributed by atoms with van der Waals surface area (Å²) in [5, 5.41) is 3.42. The molecular formula is C12H25NO2. The van der Waals surface area contributed by atoms with E-state index in [0.717, 1.165) is 13.0 Å². The van der Waals surface area contributed by atoms with E-state index in [2.05, 4.69) is 26.1 Å². The SMILES string of the molecule is CCOC(=O)CCCNC(C)C(C)CC. The summed E-state index contributed by atoms with van der Waals surface area (Å²) >= 11 is 0. The summed E-state index contributed by atoms with van der Waals surface area (Å²) in [5.74, 6) is 0.600. The van der Waals surface area contributed by atoms with Gasteiger partial charge in [-0.15, -0.1) is 0 Å². The van der Waals surface area contributed by atoms with Gasteiger partial charge in [-0.25, -0.2) is 0 Å². The Kier molecular flexibility index (Phi) is 8.38. The molecule has 0 fully saturated rings. The summed E-state index contributed by atoms with van der Waals surface area (Å²) in [6.45, 7) is 9.84. The van der Waals surface area contributed by atoms with Crippen molar-refractivity contribution < 1.29 is 9.53 Å². The number of carbonyl (C=O) groups excluding carboxylic acids is 1. The quantitative estimate of drug-likeness (QED) is 0.499. The van der Waals surface area contributed by atoms with Crippen molar-refractivity contribution in [1.82, 2.24) is 5.32 Å². The lowest BCUT2D eigenvalue weighted by Gasteiger charge is -2.19. The molecule has 3 nitrogen and oxygen atoms in total. The minimum Gasteiger partial charge on any atom is -0.466 e. The third-order valence-corrected chi connectivity index (χ3v) is 2.83. The van der Waals surface area contributed by atoms with Gasteiger partial charge in [-0.2, -0.15) is 0 Å². The average Bonchev–Trinajstić information content (AvgIpc) is 2.23. The summed E-state index contributed by atoms with van der Waals surface area (Å²) in [6.07, 6.45) is 2.57. The minimum absolute atomic E-state index is 0.0875. The van der Waals surface area contributed by atoms with Crippen molar-refractivity contribution in [2.75, 3.05) is 13.2 Å². The Morgan fingerprint density at radius 1 is 1.33 bits per heavy atom. The van der Waals surface area contributed by atoms with E-state index in [1.54, 1.807) is 0 Å². The Labute approximate surface area is 93.6 Å². The second-order valence-electron chi connectivity index (χ2n) is 4.04. The van der Waals surface area contributed by atoms with Crippen molar-refractivity contribution in [2.24, 2.45) is 5.92 Å². The van der Waals surface area contributed by atoms with E-state index >= 15 is 0 Å². The Bertz CT molecular complexity index is 171. The lowest BCUT2D eigenvalue weighted by molar-refractivity contribution is -0.143. The van der Waals surface area contributed by atoms with Crippen LogP contribution < -0.4 is 5.32 Å². The van der Waals surface area contributed by atoms with Crippen molar-refractivity contribution in [1.29, 1.82) is 0 Å². The third-order valence-electron chi connectivity index (χ3n) is 2.83. The van der Waals surface area contributed by atoms with Crippen LogP contribution in [0.3, 0.4) is 0 Å². The number of esters is 1. The zero-order chi connectivity index (χ0) is 11.7. The van der Waals surface area contributed by atoms with Crippen molar-refractivity contribution in [2.45, 2.75) is 53.0 Å². The summed E-state index contributed by atoms with van der Waals surface area (Å²) in [5.41, 5.74) is 0. The highest BCUT2D eigenvalue weighted by Gasteiger charge is 2.09. The van der Waals surface area contributed by atoms with Crippen molar-refractivity contribution in [3.63, 3.8) is 0 Å². The summed E-state index contributed by atoms with van der Waals surface area (Å²) in [4.78, 5) is 11.0. The molecule has 2 unspecified atom stereocenters. The van der Waals surface area contributed by atoms with Crippen LogP contribution in [0.5, 0.6) is 0 Å². The highest BCUT2D eigenvalue weighted by molar-refractivity contribution is 5.69. The molecule has 0 aliphatic carbocycles. The van der Waals surface area contributed by atoms with E-state index in [-0.39, 0.29) is 5.97 Å². The smallest absolute Gasteiger partial charge is 0.305 e. The molecule has 0 saturated heterocycles. The summed E-state index contributed by atoms with van der Waals surface area (Å²) < 4.78 is 4.85. The van der Waals surface area contributed by atoms with Crippen LogP contribution >= 0.6 is 0 Å². The molecule has 0 aromatic heterocycles. The lowest BCUT2D eigenvalue weighted by atomic mass is 10.0. The van der Waals surface area contributed by atoms with Gasteiger partial charge in [0.05, 0.1) is 6.61 Å². The molecule has 0 heterocycles. The van der Waals surface area contributed by atoms with E-state index in [9.17, 15) is 4.79 Å². The number of rotatable bonds is 8. The summed E-state index contributed by atoms with van der Waals surface area (Å²) in [7, 11) is 0. The van der Waals surface area contributed by atoms with Crippen molar-refractivity contribution >= 4 is 5.97 Å². The van der Waals surface area contributed by atoms with Crippen LogP contribution in [0.25, 0.3) is 0 Å². The number of hydrogen-bond donors (Lipinski definition) is 1. The molecule has 0 aliphatic heterocycles. The van der Waals surface area contributed by atoms with Gasteiger partial charge in [-0.3, -0.25) is 4.79 Å². The van der Waals surface area contributed by atoms with Gasteiger partial charge in [0.2, 0.25) is 0 Å². The van der Waals surface area contributed by atoms with E-state index in [1.807, 2.05) is 6.92 Å². The maximum Gasteiger partial charge on any atom is 0.305 e. The first-order valence-corrected chi connectivity index (χ1v) is 6.00. The molecular weight excluding hydrogens is 190 g/mol. The number of ether oxygens (including phenoxy) is 1. The molecule has 1 N–H and O–H groups in total. The molecule has 3 heteroatoms. The van der Waals surface area contributed by atoms with Crippen LogP contribution in [-0.4, -0.2) is 25.2 Å². The fourth-order valence-electron chi connectivity index (χ4n) is 1.35. The van der Waals surface area contributed by atoms with Gasteiger partial charge in [0.15, 0.2) is 0 Å². The monoisotopic (exact) mass is 215 g/mol. The van der Waals surface area contributed by atoms with Gasteiger partial charge in [0.1, 0.15) is 0 Å². The van der Waals surface area contributed by atoms with Crippen LogP contribution in [-0.2, 0) is 9.53 Å². The minimum atomic E-state index is -0.0875. The van der Waals surface area contributed by atoms with E-state index < -0.39 is 0 Å². The normalized spacial score (nSPS) is 14.7. The number of hydrogen-bond acceptors (Lipinski definition) is 3. The van der Waals surface area contributed by atoms with E-state index in [1.165, 1.54) is 6.42 Å². The van der Waals surface area contributed by atoms with Crippen LogP contribution in [0.1, 0.15) is 47.0 Å². The fraction of sp³-hybridized carbons (Fsp3) is 0.917. The first-order valence-electron chi connectivity index (χ1n) is 6.00. The van der Waals surface area contributed by atoms with Gasteiger partial charge in [0.25, 0.3) is 0 Å². The topological polar surface area (TPSA) is 38.3 Å². The van der Waals surface area contributed by atoms with Gasteiger partial charge < -0.3 is 10.1 Å². The van der Waals surface area contributed by atoms with Gasteiger partial charge in [0, 0.05) is 12.5 Å². The molecule has 15 heavy (non-hydrogen) atoms. The largest absolute Gasteiger partial charge is 0.466 e. The Hall–Kier alpha value is -0.570. The molecule has 90 valence electrons. The fourth-order valence-corrected chi connectivity index (χ4v) is 1.35. The van der Waals surface area contributed by atoms with Gasteiger partial charge >= 0.3 is 5.97 Å². The third kappa shape index (κ3) is 7.37. The maximum absolute atomic E-state index is 11.0. The molecule has 0 amide bonds. The van der Waals surface area contributed by atoms with Crippen LogP contribution in [0.15, 0.2) is 0 Å². The predicted molar refractivity (Wildman–Crippen MR) is 62.8 cm³/mol. The van der Waals surface area contributed by atoms with Crippen molar-refractivity contribution in [3.8, 4) is 0 Å². The predicted octanol–water partition coefficient (Wildman–Crippen LogP) is 2.35.